The second kappa shape index (κ2) is 7.22. The predicted octanol–water partition coefficient (Wildman–Crippen LogP) is 7.06. The minimum atomic E-state index is -0.223. The van der Waals surface area contributed by atoms with Crippen LogP contribution in [0.1, 0.15) is 84.8 Å². The minimum absolute atomic E-state index is 0.178. The number of ketones is 1. The molecular weight excluding hydrogens is 378 g/mol. The van der Waals surface area contributed by atoms with Crippen LogP contribution in [-0.2, 0) is 18.9 Å². The first-order valence-corrected chi connectivity index (χ1v) is 11.8. The lowest BCUT2D eigenvalue weighted by molar-refractivity contribution is 0.103. The maximum atomic E-state index is 13.8. The molecule has 0 amide bonds. The first kappa shape index (κ1) is 20.3. The van der Waals surface area contributed by atoms with Crippen molar-refractivity contribution in [3.63, 3.8) is 0 Å². The molecule has 5 rings (SSSR count). The van der Waals surface area contributed by atoms with Gasteiger partial charge in [-0.05, 0) is 66.3 Å². The van der Waals surface area contributed by atoms with E-state index in [0.717, 1.165) is 57.1 Å². The van der Waals surface area contributed by atoms with E-state index in [1.807, 2.05) is 6.08 Å². The number of nitrogens with zero attached hydrogens (tertiary/aromatic N) is 1. The van der Waals surface area contributed by atoms with Crippen molar-refractivity contribution in [2.45, 2.75) is 58.3 Å². The van der Waals surface area contributed by atoms with Gasteiger partial charge in [0.25, 0.3) is 0 Å². The molecule has 0 aliphatic heterocycles. The van der Waals surface area contributed by atoms with Crippen LogP contribution in [0.4, 0.5) is 0 Å². The molecule has 0 spiro atoms. The van der Waals surface area contributed by atoms with Gasteiger partial charge in [-0.25, -0.2) is 0 Å². The van der Waals surface area contributed by atoms with Crippen molar-refractivity contribution in [3.8, 4) is 0 Å². The largest absolute Gasteiger partial charge is 0.346 e. The Labute approximate surface area is 186 Å². The molecule has 1 fully saturated rings. The Morgan fingerprint density at radius 2 is 1.97 bits per heavy atom. The molecule has 31 heavy (non-hydrogen) atoms. The standard InChI is InChI=1S/C29H33NO/c1-6-18-9-14-22-25(17-18)30(5)28-26(22)27(31)23-16-19(10-15-24(23)29(28,3)4)8-11-20(7-2)21-12-13-21/h6,9-10,14-17,20-21H,1,7-8,11-13H2,2-5H3. The highest BCUT2D eigenvalue weighted by molar-refractivity contribution is 6.20. The first-order chi connectivity index (χ1) is 14.9. The lowest BCUT2D eigenvalue weighted by atomic mass is 9.70. The van der Waals surface area contributed by atoms with Gasteiger partial charge in [-0.2, -0.15) is 0 Å². The van der Waals surface area contributed by atoms with Crippen LogP contribution < -0.4 is 0 Å². The summed E-state index contributed by atoms with van der Waals surface area (Å²) in [6.07, 6.45) is 8.26. The van der Waals surface area contributed by atoms with Crippen LogP contribution in [0, 0.1) is 11.8 Å². The molecule has 0 radical (unpaired) electrons. The lowest BCUT2D eigenvalue weighted by Gasteiger charge is -2.34. The zero-order valence-electron chi connectivity index (χ0n) is 19.3. The molecule has 2 aliphatic carbocycles. The van der Waals surface area contributed by atoms with Crippen LogP contribution in [0.5, 0.6) is 0 Å². The van der Waals surface area contributed by atoms with Crippen LogP contribution in [-0.4, -0.2) is 10.4 Å². The average molecular weight is 412 g/mol. The Morgan fingerprint density at radius 3 is 2.65 bits per heavy atom. The Balaban J connectivity index is 1.58. The van der Waals surface area contributed by atoms with Crippen LogP contribution in [0.3, 0.4) is 0 Å². The topological polar surface area (TPSA) is 22.0 Å². The molecule has 2 heteroatoms. The summed E-state index contributed by atoms with van der Waals surface area (Å²) in [6, 6.07) is 13.0. The molecule has 2 aromatic carbocycles. The van der Waals surface area contributed by atoms with Crippen molar-refractivity contribution in [1.82, 2.24) is 4.57 Å². The third kappa shape index (κ3) is 3.11. The fraction of sp³-hybridized carbons (Fsp3) is 0.414. The van der Waals surface area contributed by atoms with Gasteiger partial charge in [-0.3, -0.25) is 4.79 Å². The monoisotopic (exact) mass is 411 g/mol. The smallest absolute Gasteiger partial charge is 0.195 e. The van der Waals surface area contributed by atoms with Gasteiger partial charge in [0.05, 0.1) is 5.56 Å². The number of rotatable bonds is 6. The summed E-state index contributed by atoms with van der Waals surface area (Å²) in [5.41, 5.74) is 7.32. The van der Waals surface area contributed by atoms with E-state index in [9.17, 15) is 4.79 Å². The number of hydrogen-bond donors (Lipinski definition) is 0. The summed E-state index contributed by atoms with van der Waals surface area (Å²) in [5.74, 6) is 1.96. The van der Waals surface area contributed by atoms with Crippen molar-refractivity contribution in [2.24, 2.45) is 18.9 Å². The quantitative estimate of drug-likeness (QED) is 0.425. The van der Waals surface area contributed by atoms with Gasteiger partial charge in [0.2, 0.25) is 0 Å². The fourth-order valence-corrected chi connectivity index (χ4v) is 5.98. The zero-order chi connectivity index (χ0) is 21.9. The second-order valence-corrected chi connectivity index (χ2v) is 10.1. The Hall–Kier alpha value is -2.61. The van der Waals surface area contributed by atoms with Gasteiger partial charge in [0.1, 0.15) is 0 Å². The molecule has 1 atom stereocenters. The van der Waals surface area contributed by atoms with Gasteiger partial charge in [0, 0.05) is 34.6 Å². The molecule has 160 valence electrons. The minimum Gasteiger partial charge on any atom is -0.346 e. The Bertz CT molecular complexity index is 1210. The normalized spacial score (nSPS) is 18.0. The summed E-state index contributed by atoms with van der Waals surface area (Å²) in [6.45, 7) is 10.7. The Morgan fingerprint density at radius 1 is 1.19 bits per heavy atom. The maximum absolute atomic E-state index is 13.8. The highest BCUT2D eigenvalue weighted by Gasteiger charge is 2.41. The molecule has 1 unspecified atom stereocenters. The molecule has 3 aromatic rings. The van der Waals surface area contributed by atoms with Gasteiger partial charge < -0.3 is 4.57 Å². The molecular formula is C29H33NO. The number of carbonyl (C=O) groups excluding carboxylic acids is 1. The number of hydrogen-bond acceptors (Lipinski definition) is 1. The summed E-state index contributed by atoms with van der Waals surface area (Å²) in [5, 5.41) is 1.05. The molecule has 2 aliphatic rings. The third-order valence-electron chi connectivity index (χ3n) is 7.90. The van der Waals surface area contributed by atoms with Gasteiger partial charge in [-0.1, -0.05) is 64.1 Å². The number of benzene rings is 2. The second-order valence-electron chi connectivity index (χ2n) is 10.1. The number of fused-ring (bicyclic) bond motifs is 4. The molecule has 0 bridgehead atoms. The Kier molecular flexibility index (Phi) is 4.73. The summed E-state index contributed by atoms with van der Waals surface area (Å²) in [4.78, 5) is 13.8. The zero-order valence-corrected chi connectivity index (χ0v) is 19.3. The van der Waals surface area contributed by atoms with E-state index in [2.05, 4.69) is 75.4 Å². The van der Waals surface area contributed by atoms with Gasteiger partial charge >= 0.3 is 0 Å². The number of aryl methyl sites for hydroxylation is 2. The van der Waals surface area contributed by atoms with Crippen molar-refractivity contribution in [2.75, 3.05) is 0 Å². The highest BCUT2D eigenvalue weighted by atomic mass is 16.1. The maximum Gasteiger partial charge on any atom is 0.195 e. The van der Waals surface area contributed by atoms with Crippen molar-refractivity contribution in [3.05, 3.63) is 76.5 Å². The van der Waals surface area contributed by atoms with E-state index in [0.29, 0.717) is 0 Å². The van der Waals surface area contributed by atoms with Crippen LogP contribution in [0.25, 0.3) is 17.0 Å². The van der Waals surface area contributed by atoms with E-state index in [-0.39, 0.29) is 11.2 Å². The SMILES string of the molecule is C=Cc1ccc2c3c(n(C)c2c1)C(C)(C)c1ccc(CCC(CC)C2CC2)cc1C3=O. The van der Waals surface area contributed by atoms with Crippen molar-refractivity contribution >= 4 is 22.8 Å². The van der Waals surface area contributed by atoms with E-state index in [1.54, 1.807) is 0 Å². The average Bonchev–Trinajstić information content (AvgIpc) is 3.56. The molecule has 1 saturated carbocycles. The molecule has 0 saturated heterocycles. The highest BCUT2D eigenvalue weighted by Crippen LogP contribution is 2.46. The van der Waals surface area contributed by atoms with Crippen LogP contribution >= 0.6 is 0 Å². The number of aromatic nitrogens is 1. The predicted molar refractivity (Wildman–Crippen MR) is 130 cm³/mol. The summed E-state index contributed by atoms with van der Waals surface area (Å²) >= 11 is 0. The van der Waals surface area contributed by atoms with E-state index in [1.165, 1.54) is 31.2 Å². The van der Waals surface area contributed by atoms with E-state index < -0.39 is 0 Å². The van der Waals surface area contributed by atoms with Crippen LogP contribution in [0.2, 0.25) is 0 Å². The van der Waals surface area contributed by atoms with E-state index >= 15 is 0 Å². The van der Waals surface area contributed by atoms with E-state index in [4.69, 9.17) is 0 Å². The third-order valence-corrected chi connectivity index (χ3v) is 7.90. The lowest BCUT2D eigenvalue weighted by Crippen LogP contribution is -2.32. The molecule has 0 N–H and O–H groups in total. The molecule has 1 aromatic heterocycles. The number of carbonyl (C=O) groups is 1. The molecule has 2 nitrogen and oxygen atoms in total. The molecule has 1 heterocycles. The van der Waals surface area contributed by atoms with Crippen molar-refractivity contribution < 1.29 is 4.79 Å². The fourth-order valence-electron chi connectivity index (χ4n) is 5.98. The summed E-state index contributed by atoms with van der Waals surface area (Å²) < 4.78 is 2.22. The van der Waals surface area contributed by atoms with Crippen molar-refractivity contribution in [1.29, 1.82) is 0 Å². The summed E-state index contributed by atoms with van der Waals surface area (Å²) in [7, 11) is 2.09. The van der Waals surface area contributed by atoms with Gasteiger partial charge in [0.15, 0.2) is 5.78 Å². The van der Waals surface area contributed by atoms with Crippen LogP contribution in [0.15, 0.2) is 43.0 Å². The first-order valence-electron chi connectivity index (χ1n) is 11.8. The van der Waals surface area contributed by atoms with Gasteiger partial charge in [-0.15, -0.1) is 0 Å².